The monoisotopic (exact) mass is 244 g/mol. The highest BCUT2D eigenvalue weighted by Gasteiger charge is 2.20. The third-order valence-electron chi connectivity index (χ3n) is 3.37. The molecule has 0 bridgehead atoms. The lowest BCUT2D eigenvalue weighted by Crippen LogP contribution is -2.41. The number of nitrogens with zero attached hydrogens (tertiary/aromatic N) is 3. The Morgan fingerprint density at radius 3 is 2.89 bits per heavy atom. The Balaban J connectivity index is 2.10. The zero-order valence-electron chi connectivity index (χ0n) is 11.1. The van der Waals surface area contributed by atoms with E-state index in [0.29, 0.717) is 17.6 Å². The normalized spacial score (nSPS) is 18.9. The van der Waals surface area contributed by atoms with Gasteiger partial charge in [0.25, 0.3) is 0 Å². The first-order valence-electron chi connectivity index (χ1n) is 6.57. The van der Waals surface area contributed by atoms with Crippen molar-refractivity contribution in [3.05, 3.63) is 23.9 Å². The van der Waals surface area contributed by atoms with Crippen LogP contribution in [-0.2, 0) is 0 Å². The molecule has 1 saturated heterocycles. The van der Waals surface area contributed by atoms with Gasteiger partial charge < -0.3 is 10.2 Å². The van der Waals surface area contributed by atoms with Crippen LogP contribution in [0.25, 0.3) is 0 Å². The average Bonchev–Trinajstić information content (AvgIpc) is 2.89. The SMILES string of the molecule is CC(C)N(CC1CCCN1)c1ccc(C#N)cn1. The van der Waals surface area contributed by atoms with Gasteiger partial charge in [0.05, 0.1) is 5.56 Å². The van der Waals surface area contributed by atoms with Gasteiger partial charge in [-0.05, 0) is 45.4 Å². The van der Waals surface area contributed by atoms with Crippen LogP contribution >= 0.6 is 0 Å². The predicted molar refractivity (Wildman–Crippen MR) is 72.5 cm³/mol. The fraction of sp³-hybridized carbons (Fsp3) is 0.571. The number of nitrogens with one attached hydrogen (secondary N) is 1. The lowest BCUT2D eigenvalue weighted by molar-refractivity contribution is 0.549. The second-order valence-corrected chi connectivity index (χ2v) is 5.06. The first-order valence-corrected chi connectivity index (χ1v) is 6.57. The van der Waals surface area contributed by atoms with Crippen LogP contribution in [0.15, 0.2) is 18.3 Å². The number of anilines is 1. The maximum Gasteiger partial charge on any atom is 0.128 e. The van der Waals surface area contributed by atoms with Crippen LogP contribution in [0.4, 0.5) is 5.82 Å². The Labute approximate surface area is 109 Å². The fourth-order valence-electron chi connectivity index (χ4n) is 2.34. The highest BCUT2D eigenvalue weighted by atomic mass is 15.2. The van der Waals surface area contributed by atoms with E-state index in [2.05, 4.69) is 35.1 Å². The van der Waals surface area contributed by atoms with Crippen LogP contribution in [0.5, 0.6) is 0 Å². The minimum absolute atomic E-state index is 0.410. The quantitative estimate of drug-likeness (QED) is 0.879. The van der Waals surface area contributed by atoms with Crippen molar-refractivity contribution >= 4 is 5.82 Å². The molecule has 0 aliphatic carbocycles. The molecule has 0 radical (unpaired) electrons. The molecule has 1 unspecified atom stereocenters. The Morgan fingerprint density at radius 2 is 2.39 bits per heavy atom. The third kappa shape index (κ3) is 2.99. The van der Waals surface area contributed by atoms with Gasteiger partial charge in [-0.3, -0.25) is 0 Å². The smallest absolute Gasteiger partial charge is 0.128 e. The molecule has 0 aromatic carbocycles. The van der Waals surface area contributed by atoms with Gasteiger partial charge in [0.1, 0.15) is 11.9 Å². The van der Waals surface area contributed by atoms with Crippen LogP contribution in [0.2, 0.25) is 0 Å². The Kier molecular flexibility index (Phi) is 4.16. The molecule has 18 heavy (non-hydrogen) atoms. The maximum absolute atomic E-state index is 8.79. The molecular formula is C14H20N4. The van der Waals surface area contributed by atoms with E-state index < -0.39 is 0 Å². The van der Waals surface area contributed by atoms with Gasteiger partial charge in [-0.25, -0.2) is 4.98 Å². The third-order valence-corrected chi connectivity index (χ3v) is 3.37. The number of nitriles is 1. The molecule has 1 fully saturated rings. The van der Waals surface area contributed by atoms with Crippen molar-refractivity contribution in [3.63, 3.8) is 0 Å². The molecule has 1 aliphatic rings. The van der Waals surface area contributed by atoms with E-state index >= 15 is 0 Å². The topological polar surface area (TPSA) is 52.0 Å². The summed E-state index contributed by atoms with van der Waals surface area (Å²) in [5.74, 6) is 0.956. The molecule has 4 heteroatoms. The Bertz CT molecular complexity index is 412. The van der Waals surface area contributed by atoms with Crippen LogP contribution in [-0.4, -0.2) is 30.2 Å². The lowest BCUT2D eigenvalue weighted by Gasteiger charge is -2.30. The van der Waals surface area contributed by atoms with Crippen LogP contribution in [0, 0.1) is 11.3 Å². The minimum atomic E-state index is 0.410. The number of hydrogen-bond acceptors (Lipinski definition) is 4. The summed E-state index contributed by atoms with van der Waals surface area (Å²) in [5, 5.41) is 12.3. The van der Waals surface area contributed by atoms with E-state index in [1.165, 1.54) is 12.8 Å². The molecule has 0 amide bonds. The molecule has 4 nitrogen and oxygen atoms in total. The molecular weight excluding hydrogens is 224 g/mol. The van der Waals surface area contributed by atoms with E-state index in [0.717, 1.165) is 18.9 Å². The first kappa shape index (κ1) is 12.8. The Hall–Kier alpha value is -1.60. The van der Waals surface area contributed by atoms with Gasteiger partial charge in [-0.15, -0.1) is 0 Å². The summed E-state index contributed by atoms with van der Waals surface area (Å²) in [6.45, 7) is 6.46. The largest absolute Gasteiger partial charge is 0.353 e. The summed E-state index contributed by atoms with van der Waals surface area (Å²) in [7, 11) is 0. The number of rotatable bonds is 4. The van der Waals surface area contributed by atoms with Gasteiger partial charge in [0.2, 0.25) is 0 Å². The van der Waals surface area contributed by atoms with Crippen molar-refractivity contribution in [2.75, 3.05) is 18.0 Å². The summed E-state index contributed by atoms with van der Waals surface area (Å²) >= 11 is 0. The predicted octanol–water partition coefficient (Wildman–Crippen LogP) is 1.92. The molecule has 1 atom stereocenters. The molecule has 96 valence electrons. The molecule has 1 aliphatic heterocycles. The van der Waals surface area contributed by atoms with Gasteiger partial charge in [0, 0.05) is 24.8 Å². The molecule has 1 aromatic heterocycles. The fourth-order valence-corrected chi connectivity index (χ4v) is 2.34. The molecule has 0 saturated carbocycles. The Morgan fingerprint density at radius 1 is 1.56 bits per heavy atom. The van der Waals surface area contributed by atoms with Crippen LogP contribution in [0.3, 0.4) is 0 Å². The van der Waals surface area contributed by atoms with Crippen molar-refractivity contribution in [1.82, 2.24) is 10.3 Å². The van der Waals surface area contributed by atoms with Crippen molar-refractivity contribution in [1.29, 1.82) is 5.26 Å². The summed E-state index contributed by atoms with van der Waals surface area (Å²) in [5.41, 5.74) is 0.612. The second kappa shape index (κ2) is 5.83. The average molecular weight is 244 g/mol. The van der Waals surface area contributed by atoms with Crippen LogP contribution < -0.4 is 10.2 Å². The molecule has 2 rings (SSSR count). The first-order chi connectivity index (χ1) is 8.70. The zero-order chi connectivity index (χ0) is 13.0. The van der Waals surface area contributed by atoms with Gasteiger partial charge in [-0.2, -0.15) is 5.26 Å². The summed E-state index contributed by atoms with van der Waals surface area (Å²) in [6, 6.07) is 6.84. The van der Waals surface area contributed by atoms with E-state index in [4.69, 9.17) is 5.26 Å². The standard InChI is InChI=1S/C14H20N4/c1-11(2)18(10-13-4-3-7-16-13)14-6-5-12(8-15)9-17-14/h5-6,9,11,13,16H,3-4,7,10H2,1-2H3. The number of pyridine rings is 1. The second-order valence-electron chi connectivity index (χ2n) is 5.06. The van der Waals surface area contributed by atoms with Crippen molar-refractivity contribution in [3.8, 4) is 6.07 Å². The van der Waals surface area contributed by atoms with Gasteiger partial charge in [-0.1, -0.05) is 0 Å². The summed E-state index contributed by atoms with van der Waals surface area (Å²) in [4.78, 5) is 6.68. The van der Waals surface area contributed by atoms with Crippen molar-refractivity contribution < 1.29 is 0 Å². The summed E-state index contributed by atoms with van der Waals surface area (Å²) < 4.78 is 0. The summed E-state index contributed by atoms with van der Waals surface area (Å²) in [6.07, 6.45) is 4.14. The van der Waals surface area contributed by atoms with E-state index in [9.17, 15) is 0 Å². The van der Waals surface area contributed by atoms with Crippen LogP contribution in [0.1, 0.15) is 32.3 Å². The lowest BCUT2D eigenvalue weighted by atomic mass is 10.2. The maximum atomic E-state index is 8.79. The van der Waals surface area contributed by atoms with E-state index in [1.807, 2.05) is 12.1 Å². The number of aromatic nitrogens is 1. The van der Waals surface area contributed by atoms with Crippen molar-refractivity contribution in [2.45, 2.75) is 38.8 Å². The number of hydrogen-bond donors (Lipinski definition) is 1. The highest BCUT2D eigenvalue weighted by molar-refractivity contribution is 5.42. The molecule has 0 spiro atoms. The molecule has 1 N–H and O–H groups in total. The minimum Gasteiger partial charge on any atom is -0.353 e. The highest BCUT2D eigenvalue weighted by Crippen LogP contribution is 2.17. The van der Waals surface area contributed by atoms with Crippen molar-refractivity contribution in [2.24, 2.45) is 0 Å². The van der Waals surface area contributed by atoms with E-state index in [1.54, 1.807) is 6.20 Å². The molecule has 1 aromatic rings. The van der Waals surface area contributed by atoms with Gasteiger partial charge in [0.15, 0.2) is 0 Å². The molecule has 2 heterocycles. The van der Waals surface area contributed by atoms with E-state index in [-0.39, 0.29) is 0 Å². The van der Waals surface area contributed by atoms with Gasteiger partial charge >= 0.3 is 0 Å². The zero-order valence-corrected chi connectivity index (χ0v) is 11.1.